The molecule has 114 valence electrons. The number of benzene rings is 1. The monoisotopic (exact) mass is 288 g/mol. The maximum absolute atomic E-state index is 12.4. The van der Waals surface area contributed by atoms with Crippen molar-refractivity contribution in [3.8, 4) is 0 Å². The molecule has 0 saturated heterocycles. The first-order valence-electron chi connectivity index (χ1n) is 7.48. The summed E-state index contributed by atoms with van der Waals surface area (Å²) in [6.07, 6.45) is 0.881. The lowest BCUT2D eigenvalue weighted by Crippen LogP contribution is -2.44. The number of rotatable bonds is 4. The molecule has 0 amide bonds. The van der Waals surface area contributed by atoms with Crippen LogP contribution in [0.1, 0.15) is 45.1 Å². The van der Waals surface area contributed by atoms with Gasteiger partial charge in [0, 0.05) is 5.92 Å². The second-order valence-electron chi connectivity index (χ2n) is 6.32. The van der Waals surface area contributed by atoms with Gasteiger partial charge in [-0.25, -0.2) is 4.79 Å². The third-order valence-electron chi connectivity index (χ3n) is 4.22. The van der Waals surface area contributed by atoms with Gasteiger partial charge in [0.15, 0.2) is 5.60 Å². The number of carbonyl (C=O) groups is 1. The van der Waals surface area contributed by atoms with E-state index in [4.69, 9.17) is 4.74 Å². The summed E-state index contributed by atoms with van der Waals surface area (Å²) < 4.78 is 5.27. The van der Waals surface area contributed by atoms with Crippen LogP contribution in [0.5, 0.6) is 0 Å². The van der Waals surface area contributed by atoms with Gasteiger partial charge in [0.05, 0.1) is 6.10 Å². The van der Waals surface area contributed by atoms with Crippen LogP contribution in [0.25, 0.3) is 0 Å². The number of carbonyl (C=O) groups excluding carboxylic acids is 1. The number of hydrogen-bond acceptors (Lipinski definition) is 3. The highest BCUT2D eigenvalue weighted by Crippen LogP contribution is 2.48. The van der Waals surface area contributed by atoms with Crippen LogP contribution in [0.2, 0.25) is 0 Å². The maximum atomic E-state index is 12.4. The van der Waals surface area contributed by atoms with Crippen LogP contribution in [-0.2, 0) is 9.53 Å². The normalized spacial score (nSPS) is 28.6. The third-order valence-corrected chi connectivity index (χ3v) is 4.22. The van der Waals surface area contributed by atoms with Crippen LogP contribution in [0.15, 0.2) is 42.5 Å². The summed E-state index contributed by atoms with van der Waals surface area (Å²) >= 11 is 0. The second kappa shape index (κ2) is 6.02. The molecule has 0 spiro atoms. The van der Waals surface area contributed by atoms with Crippen molar-refractivity contribution in [1.82, 2.24) is 0 Å². The van der Waals surface area contributed by atoms with E-state index < -0.39 is 11.6 Å². The Balaban J connectivity index is 2.27. The predicted molar refractivity (Wildman–Crippen MR) is 82.9 cm³/mol. The minimum Gasteiger partial charge on any atom is -0.461 e. The Hall–Kier alpha value is -1.61. The highest BCUT2D eigenvalue weighted by Gasteiger charge is 2.53. The van der Waals surface area contributed by atoms with Gasteiger partial charge in [0.2, 0.25) is 0 Å². The average Bonchev–Trinajstić information content (AvgIpc) is 2.79. The van der Waals surface area contributed by atoms with Crippen LogP contribution in [0.3, 0.4) is 0 Å². The van der Waals surface area contributed by atoms with Crippen molar-refractivity contribution in [2.75, 3.05) is 0 Å². The summed E-state index contributed by atoms with van der Waals surface area (Å²) in [5.41, 5.74) is 0.519. The molecule has 1 aliphatic rings. The van der Waals surface area contributed by atoms with Crippen molar-refractivity contribution in [1.29, 1.82) is 0 Å². The number of esters is 1. The average molecular weight is 288 g/mol. The molecular formula is C18H24O3. The van der Waals surface area contributed by atoms with E-state index in [-0.39, 0.29) is 17.9 Å². The third kappa shape index (κ3) is 3.18. The Bertz CT molecular complexity index is 521. The summed E-state index contributed by atoms with van der Waals surface area (Å²) in [6.45, 7) is 9.41. The summed E-state index contributed by atoms with van der Waals surface area (Å²) in [4.78, 5) is 12.4. The van der Waals surface area contributed by atoms with Gasteiger partial charge in [-0.3, -0.25) is 0 Å². The minimum absolute atomic E-state index is 0.151. The molecule has 1 aromatic rings. The lowest BCUT2D eigenvalue weighted by molar-refractivity contribution is -0.172. The lowest BCUT2D eigenvalue weighted by atomic mass is 9.86. The molecule has 3 unspecified atom stereocenters. The fourth-order valence-electron chi connectivity index (χ4n) is 3.21. The zero-order valence-corrected chi connectivity index (χ0v) is 13.0. The predicted octanol–water partition coefficient (Wildman–Crippen LogP) is 3.44. The van der Waals surface area contributed by atoms with Crippen molar-refractivity contribution in [3.63, 3.8) is 0 Å². The zero-order valence-electron chi connectivity index (χ0n) is 13.0. The quantitative estimate of drug-likeness (QED) is 0.682. The van der Waals surface area contributed by atoms with E-state index >= 15 is 0 Å². The van der Waals surface area contributed by atoms with E-state index in [0.29, 0.717) is 6.42 Å². The molecule has 1 fully saturated rings. The molecule has 1 aliphatic carbocycles. The van der Waals surface area contributed by atoms with Gasteiger partial charge in [0.25, 0.3) is 0 Å². The molecule has 0 bridgehead atoms. The SMILES string of the molecule is C=C(C)C1CC(c2ccccc2)CC1(O)C(=O)OC(C)C. The molecule has 2 rings (SSSR count). The van der Waals surface area contributed by atoms with Gasteiger partial charge in [-0.15, -0.1) is 0 Å². The molecule has 3 nitrogen and oxygen atoms in total. The van der Waals surface area contributed by atoms with Crippen molar-refractivity contribution in [2.45, 2.75) is 51.2 Å². The first-order chi connectivity index (χ1) is 9.84. The molecular weight excluding hydrogens is 264 g/mol. The Labute approximate surface area is 126 Å². The van der Waals surface area contributed by atoms with Gasteiger partial charge in [-0.1, -0.05) is 42.5 Å². The number of aliphatic hydroxyl groups is 1. The standard InChI is InChI=1S/C18H24O3/c1-12(2)16-10-15(14-8-6-5-7-9-14)11-18(16,20)17(19)21-13(3)4/h5-9,13,15-16,20H,1,10-11H2,2-4H3. The van der Waals surface area contributed by atoms with Gasteiger partial charge < -0.3 is 9.84 Å². The van der Waals surface area contributed by atoms with Crippen LogP contribution >= 0.6 is 0 Å². The Morgan fingerprint density at radius 1 is 1.38 bits per heavy atom. The minimum atomic E-state index is -1.46. The maximum Gasteiger partial charge on any atom is 0.339 e. The van der Waals surface area contributed by atoms with E-state index in [9.17, 15) is 9.90 Å². The van der Waals surface area contributed by atoms with Crippen LogP contribution < -0.4 is 0 Å². The molecule has 3 atom stereocenters. The van der Waals surface area contributed by atoms with Gasteiger partial charge >= 0.3 is 5.97 Å². The number of hydrogen-bond donors (Lipinski definition) is 1. The van der Waals surface area contributed by atoms with Crippen molar-refractivity contribution >= 4 is 5.97 Å². The molecule has 0 heterocycles. The summed E-state index contributed by atoms with van der Waals surface area (Å²) in [5.74, 6) is -0.629. The van der Waals surface area contributed by atoms with Crippen molar-refractivity contribution in [2.24, 2.45) is 5.92 Å². The van der Waals surface area contributed by atoms with Crippen LogP contribution in [0, 0.1) is 5.92 Å². The molecule has 21 heavy (non-hydrogen) atoms. The smallest absolute Gasteiger partial charge is 0.339 e. The zero-order chi connectivity index (χ0) is 15.6. The largest absolute Gasteiger partial charge is 0.461 e. The molecule has 0 aliphatic heterocycles. The van der Waals surface area contributed by atoms with E-state index in [0.717, 1.165) is 17.6 Å². The van der Waals surface area contributed by atoms with E-state index in [1.807, 2.05) is 37.3 Å². The molecule has 3 heteroatoms. The molecule has 0 radical (unpaired) electrons. The highest BCUT2D eigenvalue weighted by atomic mass is 16.6. The van der Waals surface area contributed by atoms with E-state index in [1.54, 1.807) is 13.8 Å². The summed E-state index contributed by atoms with van der Waals surface area (Å²) in [5, 5.41) is 10.9. The Kier molecular flexibility index (Phi) is 4.52. The molecule has 1 N–H and O–H groups in total. The Morgan fingerprint density at radius 3 is 2.52 bits per heavy atom. The van der Waals surface area contributed by atoms with Gasteiger partial charge in [-0.2, -0.15) is 0 Å². The first kappa shape index (κ1) is 15.8. The van der Waals surface area contributed by atoms with Gasteiger partial charge in [-0.05, 0) is 45.1 Å². The highest BCUT2D eigenvalue weighted by molar-refractivity contribution is 5.81. The molecule has 1 aromatic carbocycles. The molecule has 0 aromatic heterocycles. The second-order valence-corrected chi connectivity index (χ2v) is 6.32. The molecule has 1 saturated carbocycles. The fraction of sp³-hybridized carbons (Fsp3) is 0.500. The van der Waals surface area contributed by atoms with Crippen molar-refractivity contribution in [3.05, 3.63) is 48.0 Å². The topological polar surface area (TPSA) is 46.5 Å². The van der Waals surface area contributed by atoms with Crippen molar-refractivity contribution < 1.29 is 14.6 Å². The summed E-state index contributed by atoms with van der Waals surface area (Å²) in [6, 6.07) is 10.0. The van der Waals surface area contributed by atoms with E-state index in [2.05, 4.69) is 6.58 Å². The first-order valence-corrected chi connectivity index (χ1v) is 7.48. The van der Waals surface area contributed by atoms with Gasteiger partial charge in [0.1, 0.15) is 0 Å². The number of ether oxygens (including phenoxy) is 1. The van der Waals surface area contributed by atoms with E-state index in [1.165, 1.54) is 0 Å². The Morgan fingerprint density at radius 2 is 2.00 bits per heavy atom. The lowest BCUT2D eigenvalue weighted by Gasteiger charge is -2.29. The van der Waals surface area contributed by atoms with Crippen LogP contribution in [0.4, 0.5) is 0 Å². The van der Waals surface area contributed by atoms with Crippen LogP contribution in [-0.4, -0.2) is 22.8 Å². The fourth-order valence-corrected chi connectivity index (χ4v) is 3.21. The summed E-state index contributed by atoms with van der Waals surface area (Å²) in [7, 11) is 0.